The fourth-order valence-corrected chi connectivity index (χ4v) is 2.92. The van der Waals surface area contributed by atoms with Crippen molar-refractivity contribution in [2.45, 2.75) is 38.7 Å². The van der Waals surface area contributed by atoms with Crippen LogP contribution in [0.15, 0.2) is 23.0 Å². The third-order valence-electron chi connectivity index (χ3n) is 3.98. The van der Waals surface area contributed by atoms with Gasteiger partial charge in [-0.1, -0.05) is 5.21 Å². The number of aryl methyl sites for hydroxylation is 1. The van der Waals surface area contributed by atoms with Gasteiger partial charge >= 0.3 is 12.1 Å². The first-order chi connectivity index (χ1) is 12.8. The van der Waals surface area contributed by atoms with E-state index in [4.69, 9.17) is 19.1 Å². The second-order valence-corrected chi connectivity index (χ2v) is 5.99. The van der Waals surface area contributed by atoms with Crippen molar-refractivity contribution in [1.29, 1.82) is 0 Å². The predicted octanol–water partition coefficient (Wildman–Crippen LogP) is 2.27. The highest BCUT2D eigenvalue weighted by atomic mass is 19.4. The molecule has 0 spiro atoms. The Morgan fingerprint density at radius 2 is 2.19 bits per heavy atom. The van der Waals surface area contributed by atoms with Crippen LogP contribution in [0.25, 0.3) is 0 Å². The Balaban J connectivity index is 0.000000321. The van der Waals surface area contributed by atoms with E-state index in [9.17, 15) is 13.2 Å². The monoisotopic (exact) mass is 390 g/mol. The highest BCUT2D eigenvalue weighted by molar-refractivity contribution is 5.73. The van der Waals surface area contributed by atoms with Gasteiger partial charge in [0.25, 0.3) is 0 Å². The highest BCUT2D eigenvalue weighted by Gasteiger charge is 2.38. The van der Waals surface area contributed by atoms with E-state index in [-0.39, 0.29) is 0 Å². The number of rotatable bonds is 5. The number of carboxylic acid groups (broad SMARTS) is 1. The number of alkyl halides is 3. The molecule has 0 fully saturated rings. The Labute approximate surface area is 153 Å². The summed E-state index contributed by atoms with van der Waals surface area (Å²) in [6.07, 6.45) is -1.57. The van der Waals surface area contributed by atoms with Crippen molar-refractivity contribution >= 4 is 5.97 Å². The first kappa shape index (κ1) is 20.9. The van der Waals surface area contributed by atoms with Crippen molar-refractivity contribution in [3.05, 3.63) is 35.5 Å². The van der Waals surface area contributed by atoms with Crippen molar-refractivity contribution in [3.8, 4) is 0 Å². The van der Waals surface area contributed by atoms with E-state index in [1.165, 1.54) is 11.3 Å². The van der Waals surface area contributed by atoms with Gasteiger partial charge in [-0.2, -0.15) is 13.2 Å². The maximum absolute atomic E-state index is 10.6. The van der Waals surface area contributed by atoms with Gasteiger partial charge in [-0.05, 0) is 13.0 Å². The maximum atomic E-state index is 10.6. The predicted molar refractivity (Wildman–Crippen MR) is 86.8 cm³/mol. The van der Waals surface area contributed by atoms with Gasteiger partial charge in [0.15, 0.2) is 0 Å². The molecule has 2 aromatic rings. The lowest BCUT2D eigenvalue weighted by atomic mass is 9.98. The number of methoxy groups -OCH3 is 1. The maximum Gasteiger partial charge on any atom is 0.490 e. The fourth-order valence-electron chi connectivity index (χ4n) is 2.92. The smallest absolute Gasteiger partial charge is 0.475 e. The van der Waals surface area contributed by atoms with Crippen molar-refractivity contribution in [3.63, 3.8) is 0 Å². The zero-order chi connectivity index (χ0) is 20.0. The zero-order valence-electron chi connectivity index (χ0n) is 14.9. The summed E-state index contributed by atoms with van der Waals surface area (Å²) in [5.41, 5.74) is 3.49. The molecule has 0 saturated carbocycles. The first-order valence-electron chi connectivity index (χ1n) is 8.21. The summed E-state index contributed by atoms with van der Waals surface area (Å²) in [5.74, 6) is -2.43. The van der Waals surface area contributed by atoms with E-state index in [1.54, 1.807) is 19.6 Å². The Kier molecular flexibility index (Phi) is 6.97. The van der Waals surface area contributed by atoms with Crippen LogP contribution in [0.3, 0.4) is 0 Å². The van der Waals surface area contributed by atoms with Crippen LogP contribution in [-0.2, 0) is 29.2 Å². The van der Waals surface area contributed by atoms with Crippen LogP contribution in [0.5, 0.6) is 0 Å². The standard InChI is InChI=1S/C14H20N4O2.C2HF3O2/c1-3-18-14-12(10-19-2)7-17(8-13(14)15-16-18)6-11-4-5-20-9-11;3-2(4,5)1(6)7/h4-5,9,12H,3,6-8,10H2,1-2H3;(H,6,7). The van der Waals surface area contributed by atoms with Gasteiger partial charge in [-0.3, -0.25) is 4.90 Å². The van der Waals surface area contributed by atoms with Gasteiger partial charge < -0.3 is 14.3 Å². The van der Waals surface area contributed by atoms with Crippen LogP contribution in [0.1, 0.15) is 29.8 Å². The van der Waals surface area contributed by atoms with Gasteiger partial charge in [0.1, 0.15) is 5.69 Å². The van der Waals surface area contributed by atoms with Gasteiger partial charge in [-0.15, -0.1) is 5.10 Å². The Bertz CT molecular complexity index is 731. The number of fused-ring (bicyclic) bond motifs is 1. The molecule has 0 aromatic carbocycles. The Hall–Kier alpha value is -2.40. The van der Waals surface area contributed by atoms with E-state index in [1.807, 2.05) is 10.7 Å². The lowest BCUT2D eigenvalue weighted by Gasteiger charge is -2.31. The average molecular weight is 390 g/mol. The zero-order valence-corrected chi connectivity index (χ0v) is 14.9. The Morgan fingerprint density at radius 3 is 2.70 bits per heavy atom. The molecule has 8 nitrogen and oxygen atoms in total. The number of aromatic nitrogens is 3. The molecule has 150 valence electrons. The molecule has 3 heterocycles. The number of furan rings is 1. The average Bonchev–Trinajstić information content (AvgIpc) is 3.24. The number of hydrogen-bond acceptors (Lipinski definition) is 6. The van der Waals surface area contributed by atoms with Crippen LogP contribution >= 0.6 is 0 Å². The quantitative estimate of drug-likeness (QED) is 0.837. The Morgan fingerprint density at radius 1 is 1.48 bits per heavy atom. The number of ether oxygens (including phenoxy) is 1. The minimum absolute atomic E-state index is 0.325. The highest BCUT2D eigenvalue weighted by Crippen LogP contribution is 2.28. The van der Waals surface area contributed by atoms with Gasteiger partial charge in [0.2, 0.25) is 0 Å². The number of hydrogen-bond donors (Lipinski definition) is 1. The van der Waals surface area contributed by atoms with E-state index in [0.29, 0.717) is 12.5 Å². The third-order valence-corrected chi connectivity index (χ3v) is 3.98. The molecule has 11 heteroatoms. The van der Waals surface area contributed by atoms with Crippen LogP contribution in [0, 0.1) is 0 Å². The molecule has 1 aliphatic heterocycles. The van der Waals surface area contributed by atoms with Crippen LogP contribution in [0.4, 0.5) is 13.2 Å². The van der Waals surface area contributed by atoms with Crippen LogP contribution in [-0.4, -0.2) is 57.4 Å². The summed E-state index contributed by atoms with van der Waals surface area (Å²) in [4.78, 5) is 11.3. The van der Waals surface area contributed by atoms with Crippen molar-refractivity contribution in [2.24, 2.45) is 0 Å². The van der Waals surface area contributed by atoms with Gasteiger partial charge in [-0.25, -0.2) is 9.48 Å². The summed E-state index contributed by atoms with van der Waals surface area (Å²) in [7, 11) is 1.74. The van der Waals surface area contributed by atoms with E-state index < -0.39 is 12.1 Å². The molecule has 0 radical (unpaired) electrons. The molecule has 1 unspecified atom stereocenters. The fraction of sp³-hybridized carbons (Fsp3) is 0.562. The van der Waals surface area contributed by atoms with Crippen molar-refractivity contribution < 1.29 is 32.2 Å². The molecular formula is C16H21F3N4O4. The number of aliphatic carboxylic acids is 1. The number of halogens is 3. The topological polar surface area (TPSA) is 93.6 Å². The molecule has 0 bridgehead atoms. The molecule has 1 aliphatic rings. The SMILES string of the molecule is CCn1nnc2c1C(COC)CN(Cc1ccoc1)C2.O=C(O)C(F)(F)F. The normalized spacial score (nSPS) is 17.1. The van der Waals surface area contributed by atoms with Gasteiger partial charge in [0.05, 0.1) is 24.8 Å². The van der Waals surface area contributed by atoms with E-state index in [0.717, 1.165) is 31.9 Å². The van der Waals surface area contributed by atoms with Crippen LogP contribution < -0.4 is 0 Å². The summed E-state index contributed by atoms with van der Waals surface area (Å²) in [5, 5.41) is 15.7. The third kappa shape index (κ3) is 5.54. The summed E-state index contributed by atoms with van der Waals surface area (Å²) < 4.78 is 44.2. The van der Waals surface area contributed by atoms with Crippen LogP contribution in [0.2, 0.25) is 0 Å². The molecule has 3 rings (SSSR count). The largest absolute Gasteiger partial charge is 0.490 e. The number of nitrogens with zero attached hydrogens (tertiary/aromatic N) is 4. The lowest BCUT2D eigenvalue weighted by molar-refractivity contribution is -0.192. The summed E-state index contributed by atoms with van der Waals surface area (Å²) in [6, 6.07) is 2.00. The number of carbonyl (C=O) groups is 1. The van der Waals surface area contributed by atoms with Crippen molar-refractivity contribution in [1.82, 2.24) is 19.9 Å². The molecule has 0 aliphatic carbocycles. The molecule has 0 amide bonds. The summed E-state index contributed by atoms with van der Waals surface area (Å²) in [6.45, 7) is 6.30. The molecule has 0 saturated heterocycles. The summed E-state index contributed by atoms with van der Waals surface area (Å²) >= 11 is 0. The molecule has 27 heavy (non-hydrogen) atoms. The molecule has 2 aromatic heterocycles. The van der Waals surface area contributed by atoms with Gasteiger partial charge in [0, 0.05) is 44.8 Å². The van der Waals surface area contributed by atoms with E-state index in [2.05, 4.69) is 22.1 Å². The van der Waals surface area contributed by atoms with Crippen molar-refractivity contribution in [2.75, 3.05) is 20.3 Å². The molecule has 1 N–H and O–H groups in total. The lowest BCUT2D eigenvalue weighted by Crippen LogP contribution is -2.35. The molecule has 1 atom stereocenters. The minimum Gasteiger partial charge on any atom is -0.475 e. The second kappa shape index (κ2) is 9.00. The van der Waals surface area contributed by atoms with E-state index >= 15 is 0 Å². The minimum atomic E-state index is -5.08. The second-order valence-electron chi connectivity index (χ2n) is 5.99. The number of carboxylic acids is 1. The molecular weight excluding hydrogens is 369 g/mol. The first-order valence-corrected chi connectivity index (χ1v) is 8.21.